The van der Waals surface area contributed by atoms with E-state index in [9.17, 15) is 8.78 Å². The van der Waals surface area contributed by atoms with Crippen molar-refractivity contribution in [3.8, 4) is 0 Å². The molecule has 0 radical (unpaired) electrons. The van der Waals surface area contributed by atoms with Gasteiger partial charge in [-0.2, -0.15) is 0 Å². The third-order valence-electron chi connectivity index (χ3n) is 4.76. The van der Waals surface area contributed by atoms with Crippen LogP contribution in [0.2, 0.25) is 0 Å². The first-order valence-corrected chi connectivity index (χ1v) is 8.30. The van der Waals surface area contributed by atoms with E-state index in [2.05, 4.69) is 19.2 Å². The molecule has 118 valence electrons. The first-order valence-electron chi connectivity index (χ1n) is 8.30. The first kappa shape index (κ1) is 16.4. The summed E-state index contributed by atoms with van der Waals surface area (Å²) in [6.45, 7) is 5.37. The molecule has 0 aliphatic heterocycles. The molecule has 0 heterocycles. The number of rotatable bonds is 7. The zero-order valence-electron chi connectivity index (χ0n) is 13.2. The maximum atomic E-state index is 13.4. The van der Waals surface area contributed by atoms with E-state index in [1.165, 1.54) is 37.8 Å². The minimum absolute atomic E-state index is 0.336. The van der Waals surface area contributed by atoms with Gasteiger partial charge in [-0.3, -0.25) is 0 Å². The topological polar surface area (TPSA) is 12.0 Å². The van der Waals surface area contributed by atoms with Gasteiger partial charge in [-0.1, -0.05) is 26.7 Å². The van der Waals surface area contributed by atoms with E-state index >= 15 is 0 Å². The lowest BCUT2D eigenvalue weighted by molar-refractivity contribution is 0.343. The lowest BCUT2D eigenvalue weighted by Crippen LogP contribution is -2.37. The molecule has 0 spiro atoms. The van der Waals surface area contributed by atoms with Gasteiger partial charge in [0.05, 0.1) is 0 Å². The second kappa shape index (κ2) is 7.88. The standard InChI is InChI=1S/C18H27F2N/c1-3-7-21-18(15-6-5-13(4-2)8-15)11-14-9-16(19)12-17(20)10-14/h9-10,12-13,15,18,21H,3-8,11H2,1-2H3. The zero-order valence-corrected chi connectivity index (χ0v) is 13.2. The molecule has 1 fully saturated rings. The molecule has 3 heteroatoms. The van der Waals surface area contributed by atoms with Gasteiger partial charge in [0, 0.05) is 12.1 Å². The van der Waals surface area contributed by atoms with Gasteiger partial charge in [0.25, 0.3) is 0 Å². The van der Waals surface area contributed by atoms with Crippen molar-refractivity contribution in [1.82, 2.24) is 5.32 Å². The second-order valence-corrected chi connectivity index (χ2v) is 6.39. The molecule has 1 aromatic rings. The number of halogens is 2. The third kappa shape index (κ3) is 4.77. The number of benzene rings is 1. The molecular weight excluding hydrogens is 268 g/mol. The van der Waals surface area contributed by atoms with E-state index < -0.39 is 11.6 Å². The fraction of sp³-hybridized carbons (Fsp3) is 0.667. The van der Waals surface area contributed by atoms with E-state index in [-0.39, 0.29) is 0 Å². The molecular formula is C18H27F2N. The van der Waals surface area contributed by atoms with Gasteiger partial charge in [0.1, 0.15) is 11.6 Å². The molecule has 3 unspecified atom stereocenters. The molecule has 0 aromatic heterocycles. The Bertz CT molecular complexity index is 427. The molecule has 0 bridgehead atoms. The van der Waals surface area contributed by atoms with Crippen LogP contribution in [-0.4, -0.2) is 12.6 Å². The number of nitrogens with one attached hydrogen (secondary N) is 1. The van der Waals surface area contributed by atoms with Crippen LogP contribution in [-0.2, 0) is 6.42 Å². The molecule has 1 nitrogen and oxygen atoms in total. The van der Waals surface area contributed by atoms with Crippen LogP contribution in [0.4, 0.5) is 8.78 Å². The molecule has 1 N–H and O–H groups in total. The highest BCUT2D eigenvalue weighted by atomic mass is 19.1. The van der Waals surface area contributed by atoms with Crippen LogP contribution >= 0.6 is 0 Å². The van der Waals surface area contributed by atoms with Gasteiger partial charge in [-0.05, 0) is 61.8 Å². The summed E-state index contributed by atoms with van der Waals surface area (Å²) < 4.78 is 26.7. The van der Waals surface area contributed by atoms with Gasteiger partial charge in [-0.25, -0.2) is 8.78 Å². The minimum Gasteiger partial charge on any atom is -0.313 e. The van der Waals surface area contributed by atoms with Gasteiger partial charge in [-0.15, -0.1) is 0 Å². The van der Waals surface area contributed by atoms with Gasteiger partial charge >= 0.3 is 0 Å². The summed E-state index contributed by atoms with van der Waals surface area (Å²) >= 11 is 0. The Labute approximate surface area is 127 Å². The largest absolute Gasteiger partial charge is 0.313 e. The summed E-state index contributed by atoms with van der Waals surface area (Å²) in [6.07, 6.45) is 6.82. The SMILES string of the molecule is CCCNC(Cc1cc(F)cc(F)c1)C1CCC(CC)C1. The lowest BCUT2D eigenvalue weighted by atomic mass is 9.90. The lowest BCUT2D eigenvalue weighted by Gasteiger charge is -2.25. The van der Waals surface area contributed by atoms with Crippen molar-refractivity contribution >= 4 is 0 Å². The Balaban J connectivity index is 2.05. The van der Waals surface area contributed by atoms with Gasteiger partial charge < -0.3 is 5.32 Å². The first-order chi connectivity index (χ1) is 10.1. The highest BCUT2D eigenvalue weighted by Gasteiger charge is 2.29. The van der Waals surface area contributed by atoms with Crippen LogP contribution < -0.4 is 5.32 Å². The summed E-state index contributed by atoms with van der Waals surface area (Å²) in [6, 6.07) is 4.22. The van der Waals surface area contributed by atoms with Crippen LogP contribution in [0.25, 0.3) is 0 Å². The fourth-order valence-corrected chi connectivity index (χ4v) is 3.57. The van der Waals surface area contributed by atoms with E-state index in [0.29, 0.717) is 12.0 Å². The van der Waals surface area contributed by atoms with Crippen molar-refractivity contribution in [3.05, 3.63) is 35.4 Å². The van der Waals surface area contributed by atoms with Crippen LogP contribution in [0.15, 0.2) is 18.2 Å². The Kier molecular flexibility index (Phi) is 6.16. The molecule has 2 rings (SSSR count). The predicted octanol–water partition coefficient (Wildman–Crippen LogP) is 4.70. The summed E-state index contributed by atoms with van der Waals surface area (Å²) in [5.74, 6) is 0.507. The van der Waals surface area contributed by atoms with E-state index in [1.54, 1.807) is 0 Å². The quantitative estimate of drug-likeness (QED) is 0.768. The smallest absolute Gasteiger partial charge is 0.126 e. The highest BCUT2D eigenvalue weighted by Crippen LogP contribution is 2.35. The van der Waals surface area contributed by atoms with E-state index in [1.807, 2.05) is 0 Å². The van der Waals surface area contributed by atoms with Crippen molar-refractivity contribution < 1.29 is 8.78 Å². The van der Waals surface area contributed by atoms with Crippen molar-refractivity contribution in [2.75, 3.05) is 6.54 Å². The Morgan fingerprint density at radius 2 is 1.86 bits per heavy atom. The molecule has 3 atom stereocenters. The van der Waals surface area contributed by atoms with Crippen molar-refractivity contribution in [3.63, 3.8) is 0 Å². The summed E-state index contributed by atoms with van der Waals surface area (Å²) in [5.41, 5.74) is 0.765. The number of hydrogen-bond donors (Lipinski definition) is 1. The molecule has 1 aliphatic rings. The Morgan fingerprint density at radius 1 is 1.14 bits per heavy atom. The Hall–Kier alpha value is -0.960. The fourth-order valence-electron chi connectivity index (χ4n) is 3.57. The summed E-state index contributed by atoms with van der Waals surface area (Å²) in [4.78, 5) is 0. The van der Waals surface area contributed by atoms with Crippen LogP contribution in [0, 0.1) is 23.5 Å². The third-order valence-corrected chi connectivity index (χ3v) is 4.76. The molecule has 1 aromatic carbocycles. The van der Waals surface area contributed by atoms with Crippen molar-refractivity contribution in [2.24, 2.45) is 11.8 Å². The minimum atomic E-state index is -0.475. The number of hydrogen-bond acceptors (Lipinski definition) is 1. The normalized spacial score (nSPS) is 23.4. The second-order valence-electron chi connectivity index (χ2n) is 6.39. The summed E-state index contributed by atoms with van der Waals surface area (Å²) in [5, 5.41) is 3.60. The maximum absolute atomic E-state index is 13.4. The van der Waals surface area contributed by atoms with Crippen LogP contribution in [0.1, 0.15) is 51.5 Å². The monoisotopic (exact) mass is 295 g/mol. The molecule has 0 amide bonds. The molecule has 1 aliphatic carbocycles. The van der Waals surface area contributed by atoms with Crippen LogP contribution in [0.5, 0.6) is 0 Å². The maximum Gasteiger partial charge on any atom is 0.126 e. The van der Waals surface area contributed by atoms with E-state index in [0.717, 1.165) is 36.9 Å². The average Bonchev–Trinajstić information content (AvgIpc) is 2.91. The highest BCUT2D eigenvalue weighted by molar-refractivity contribution is 5.19. The average molecular weight is 295 g/mol. The van der Waals surface area contributed by atoms with E-state index in [4.69, 9.17) is 0 Å². The summed E-state index contributed by atoms with van der Waals surface area (Å²) in [7, 11) is 0. The molecule has 0 saturated heterocycles. The molecule has 21 heavy (non-hydrogen) atoms. The van der Waals surface area contributed by atoms with Crippen molar-refractivity contribution in [1.29, 1.82) is 0 Å². The van der Waals surface area contributed by atoms with Crippen molar-refractivity contribution in [2.45, 2.75) is 58.4 Å². The molecule has 1 saturated carbocycles. The van der Waals surface area contributed by atoms with Gasteiger partial charge in [0.2, 0.25) is 0 Å². The predicted molar refractivity (Wildman–Crippen MR) is 83.3 cm³/mol. The van der Waals surface area contributed by atoms with Crippen LogP contribution in [0.3, 0.4) is 0 Å². The Morgan fingerprint density at radius 3 is 2.43 bits per heavy atom. The zero-order chi connectivity index (χ0) is 15.2. The van der Waals surface area contributed by atoms with Gasteiger partial charge in [0.15, 0.2) is 0 Å².